The van der Waals surface area contributed by atoms with Crippen LogP contribution in [-0.4, -0.2) is 42.5 Å². The third kappa shape index (κ3) is 5.00. The van der Waals surface area contributed by atoms with Gasteiger partial charge in [-0.1, -0.05) is 53.3 Å². The lowest BCUT2D eigenvalue weighted by atomic mass is 10.1. The van der Waals surface area contributed by atoms with E-state index in [0.29, 0.717) is 35.4 Å². The van der Waals surface area contributed by atoms with E-state index >= 15 is 0 Å². The first-order valence-electron chi connectivity index (χ1n) is 10.9. The molecule has 0 spiro atoms. The van der Waals surface area contributed by atoms with Gasteiger partial charge in [0.15, 0.2) is 5.13 Å². The molecule has 1 atom stereocenters. The third-order valence-electron chi connectivity index (χ3n) is 5.87. The Balaban J connectivity index is 1.52. The molecule has 1 saturated heterocycles. The molecule has 1 unspecified atom stereocenters. The number of amides is 1. The van der Waals surface area contributed by atoms with Crippen molar-refractivity contribution in [3.63, 3.8) is 0 Å². The number of hydrogen-bond acceptors (Lipinski definition) is 7. The first-order valence-corrected chi connectivity index (χ1v) is 15.6. The maximum absolute atomic E-state index is 14.0. The van der Waals surface area contributed by atoms with E-state index < -0.39 is 16.1 Å². The Morgan fingerprint density at radius 1 is 1.17 bits per heavy atom. The highest BCUT2D eigenvalue weighted by molar-refractivity contribution is 7.98. The molecule has 2 aromatic heterocycles. The largest absolute Gasteiger partial charge is 0.282 e. The predicted octanol–water partition coefficient (Wildman–Crippen LogP) is 6.12. The summed E-state index contributed by atoms with van der Waals surface area (Å²) in [7, 11) is -3.83. The smallest absolute Gasteiger partial charge is 0.253 e. The Bertz CT molecular complexity index is 1470. The summed E-state index contributed by atoms with van der Waals surface area (Å²) < 4.78 is 29.6. The number of rotatable bonds is 7. The number of carbonyl (C=O) groups is 1. The molecule has 2 aromatic carbocycles. The number of anilines is 1. The van der Waals surface area contributed by atoms with Crippen molar-refractivity contribution in [1.29, 1.82) is 0 Å². The fourth-order valence-corrected chi connectivity index (χ4v) is 8.93. The minimum Gasteiger partial charge on any atom is -0.282 e. The van der Waals surface area contributed by atoms with Gasteiger partial charge in [-0.2, -0.15) is 4.31 Å². The van der Waals surface area contributed by atoms with Crippen LogP contribution in [0.1, 0.15) is 18.4 Å². The van der Waals surface area contributed by atoms with Crippen LogP contribution in [0.15, 0.2) is 69.8 Å². The SMILES string of the molecule is CSc1ccc2nc(N(Cc3ccccc3)C(=O)C3CCCN3S(=O)(=O)c3ccc(Cl)s3)sc2c1. The van der Waals surface area contributed by atoms with Crippen molar-refractivity contribution < 1.29 is 13.2 Å². The molecule has 0 radical (unpaired) electrons. The number of sulfonamides is 1. The number of thiophene rings is 1. The normalized spacial score (nSPS) is 16.7. The van der Waals surface area contributed by atoms with E-state index in [-0.39, 0.29) is 10.1 Å². The molecule has 5 rings (SSSR count). The maximum Gasteiger partial charge on any atom is 0.253 e. The van der Waals surface area contributed by atoms with E-state index in [1.165, 1.54) is 21.7 Å². The van der Waals surface area contributed by atoms with Crippen LogP contribution in [0.4, 0.5) is 5.13 Å². The second-order valence-electron chi connectivity index (χ2n) is 8.07. The minimum absolute atomic E-state index is 0.154. The Hall–Kier alpha value is -1.95. The topological polar surface area (TPSA) is 70.6 Å². The minimum atomic E-state index is -3.83. The molecule has 0 bridgehead atoms. The highest BCUT2D eigenvalue weighted by Crippen LogP contribution is 2.36. The number of thioether (sulfide) groups is 1. The monoisotopic (exact) mass is 563 g/mol. The Kier molecular flexibility index (Phi) is 7.20. The van der Waals surface area contributed by atoms with Gasteiger partial charge in [0.25, 0.3) is 10.0 Å². The van der Waals surface area contributed by atoms with E-state index in [0.717, 1.165) is 32.0 Å². The van der Waals surface area contributed by atoms with Crippen molar-refractivity contribution in [2.24, 2.45) is 0 Å². The molecule has 0 N–H and O–H groups in total. The zero-order chi connectivity index (χ0) is 24.6. The standard InChI is InChI=1S/C24H22ClN3O3S4/c1-32-17-9-10-18-20(14-17)33-24(26-18)27(15-16-6-3-2-4-7-16)23(29)19-8-5-13-28(19)35(30,31)22-12-11-21(25)34-22/h2-4,6-7,9-12,14,19H,5,8,13,15H2,1H3. The zero-order valence-electron chi connectivity index (χ0n) is 18.8. The summed E-state index contributed by atoms with van der Waals surface area (Å²) >= 11 is 10.1. The van der Waals surface area contributed by atoms with E-state index in [4.69, 9.17) is 16.6 Å². The first-order chi connectivity index (χ1) is 16.9. The van der Waals surface area contributed by atoms with E-state index in [2.05, 4.69) is 6.07 Å². The van der Waals surface area contributed by atoms with Gasteiger partial charge in [-0.15, -0.1) is 23.1 Å². The van der Waals surface area contributed by atoms with Crippen LogP contribution in [0.3, 0.4) is 0 Å². The summed E-state index contributed by atoms with van der Waals surface area (Å²) in [5.41, 5.74) is 1.76. The van der Waals surface area contributed by atoms with Gasteiger partial charge in [-0.05, 0) is 55.0 Å². The van der Waals surface area contributed by atoms with Gasteiger partial charge in [0.2, 0.25) is 5.91 Å². The van der Waals surface area contributed by atoms with Crippen LogP contribution in [0, 0.1) is 0 Å². The Morgan fingerprint density at radius 2 is 1.97 bits per heavy atom. The van der Waals surface area contributed by atoms with Crippen molar-refractivity contribution >= 4 is 77.3 Å². The highest BCUT2D eigenvalue weighted by atomic mass is 35.5. The number of benzene rings is 2. The lowest BCUT2D eigenvalue weighted by molar-refractivity contribution is -0.121. The van der Waals surface area contributed by atoms with Crippen LogP contribution in [-0.2, 0) is 21.4 Å². The van der Waals surface area contributed by atoms with Gasteiger partial charge in [-0.3, -0.25) is 9.69 Å². The summed E-state index contributed by atoms with van der Waals surface area (Å²) in [5, 5.41) is 0.565. The van der Waals surface area contributed by atoms with Crippen molar-refractivity contribution in [3.8, 4) is 0 Å². The van der Waals surface area contributed by atoms with Crippen molar-refractivity contribution in [1.82, 2.24) is 9.29 Å². The van der Waals surface area contributed by atoms with Crippen molar-refractivity contribution in [2.75, 3.05) is 17.7 Å². The molecular formula is C24H22ClN3O3S4. The highest BCUT2D eigenvalue weighted by Gasteiger charge is 2.42. The number of nitrogens with zero attached hydrogens (tertiary/aromatic N) is 3. The number of halogens is 1. The fourth-order valence-electron chi connectivity index (χ4n) is 4.15. The lowest BCUT2D eigenvalue weighted by Crippen LogP contribution is -2.47. The second kappa shape index (κ2) is 10.2. The molecule has 35 heavy (non-hydrogen) atoms. The molecule has 182 valence electrons. The van der Waals surface area contributed by atoms with Gasteiger partial charge in [0, 0.05) is 11.4 Å². The molecule has 6 nitrogen and oxygen atoms in total. The summed E-state index contributed by atoms with van der Waals surface area (Å²) in [6.07, 6.45) is 3.10. The molecule has 1 amide bonds. The molecule has 11 heteroatoms. The second-order valence-corrected chi connectivity index (χ2v) is 13.8. The van der Waals surface area contributed by atoms with E-state index in [9.17, 15) is 13.2 Å². The number of fused-ring (bicyclic) bond motifs is 1. The lowest BCUT2D eigenvalue weighted by Gasteiger charge is -2.28. The van der Waals surface area contributed by atoms with Crippen LogP contribution in [0.2, 0.25) is 4.34 Å². The summed E-state index contributed by atoms with van der Waals surface area (Å²) in [4.78, 5) is 21.5. The third-order valence-corrected chi connectivity index (χ3v) is 11.2. The molecule has 1 aliphatic rings. The summed E-state index contributed by atoms with van der Waals surface area (Å²) in [6, 6.07) is 18.0. The van der Waals surface area contributed by atoms with Gasteiger partial charge in [-0.25, -0.2) is 13.4 Å². The van der Waals surface area contributed by atoms with E-state index in [1.807, 2.05) is 48.7 Å². The Labute approximate surface area is 221 Å². The summed E-state index contributed by atoms with van der Waals surface area (Å²) in [5.74, 6) is -0.262. The van der Waals surface area contributed by atoms with Crippen LogP contribution in [0.25, 0.3) is 10.2 Å². The van der Waals surface area contributed by atoms with Gasteiger partial charge < -0.3 is 0 Å². The van der Waals surface area contributed by atoms with Crippen LogP contribution < -0.4 is 4.90 Å². The van der Waals surface area contributed by atoms with Crippen molar-refractivity contribution in [3.05, 3.63) is 70.6 Å². The summed E-state index contributed by atoms with van der Waals surface area (Å²) in [6.45, 7) is 0.606. The molecule has 4 aromatic rings. The molecule has 1 aliphatic heterocycles. The average molecular weight is 564 g/mol. The maximum atomic E-state index is 14.0. The molecule has 3 heterocycles. The number of hydrogen-bond donors (Lipinski definition) is 0. The average Bonchev–Trinajstić information content (AvgIpc) is 3.61. The molecule has 1 fully saturated rings. The number of thiazole rings is 1. The quantitative estimate of drug-likeness (QED) is 0.253. The van der Waals surface area contributed by atoms with Gasteiger partial charge >= 0.3 is 0 Å². The van der Waals surface area contributed by atoms with Crippen LogP contribution >= 0.6 is 46.0 Å². The number of carbonyl (C=O) groups excluding carboxylic acids is 1. The molecule has 0 saturated carbocycles. The predicted molar refractivity (Wildman–Crippen MR) is 145 cm³/mol. The van der Waals surface area contributed by atoms with E-state index in [1.54, 1.807) is 22.7 Å². The van der Waals surface area contributed by atoms with Crippen molar-refractivity contribution in [2.45, 2.75) is 34.5 Å². The Morgan fingerprint density at radius 3 is 2.69 bits per heavy atom. The number of aromatic nitrogens is 1. The molecule has 0 aliphatic carbocycles. The zero-order valence-corrected chi connectivity index (χ0v) is 22.8. The molecular weight excluding hydrogens is 542 g/mol. The van der Waals surface area contributed by atoms with Gasteiger partial charge in [0.05, 0.1) is 21.1 Å². The fraction of sp³-hybridized carbons (Fsp3) is 0.250. The van der Waals surface area contributed by atoms with Gasteiger partial charge in [0.1, 0.15) is 10.3 Å². The first kappa shape index (κ1) is 24.7. The van der Waals surface area contributed by atoms with Crippen LogP contribution in [0.5, 0.6) is 0 Å².